The van der Waals surface area contributed by atoms with Crippen LogP contribution in [0.5, 0.6) is 11.5 Å². The fourth-order valence-electron chi connectivity index (χ4n) is 3.02. The topological polar surface area (TPSA) is 47.6 Å². The van der Waals surface area contributed by atoms with Gasteiger partial charge in [0.25, 0.3) is 5.91 Å². The van der Waals surface area contributed by atoms with Crippen molar-refractivity contribution in [2.75, 3.05) is 18.5 Å². The number of carbonyl (C=O) groups excluding carboxylic acids is 1. The van der Waals surface area contributed by atoms with E-state index in [0.717, 1.165) is 23.5 Å². The van der Waals surface area contributed by atoms with Crippen molar-refractivity contribution in [1.29, 1.82) is 0 Å². The molecular formula is C25H27NO3. The largest absolute Gasteiger partial charge is 0.493 e. The number of rotatable bonds is 9. The van der Waals surface area contributed by atoms with Crippen LogP contribution in [0, 0.1) is 0 Å². The first-order valence-electron chi connectivity index (χ1n) is 9.90. The van der Waals surface area contributed by atoms with Gasteiger partial charge >= 0.3 is 0 Å². The Bertz CT molecular complexity index is 922. The monoisotopic (exact) mass is 389 g/mol. The van der Waals surface area contributed by atoms with Gasteiger partial charge in [-0.1, -0.05) is 68.4 Å². The molecule has 0 unspecified atom stereocenters. The molecule has 4 heteroatoms. The average molecular weight is 389 g/mol. The lowest BCUT2D eigenvalue weighted by atomic mass is 10.0. The molecule has 0 atom stereocenters. The van der Waals surface area contributed by atoms with E-state index in [1.54, 1.807) is 0 Å². The molecule has 0 saturated carbocycles. The Labute approximate surface area is 172 Å². The van der Waals surface area contributed by atoms with Crippen LogP contribution in [0.4, 0.5) is 5.69 Å². The summed E-state index contributed by atoms with van der Waals surface area (Å²) < 4.78 is 11.6. The molecule has 0 saturated heterocycles. The van der Waals surface area contributed by atoms with Gasteiger partial charge in [-0.3, -0.25) is 4.79 Å². The standard InChI is InChI=1S/C25H27NO3/c1-19(2)23-13-6-7-14-24(23)29-18-25(27)26-21-11-8-12-22(17-21)28-16-15-20-9-4-3-5-10-20/h3-14,17,19H,15-16,18H2,1-2H3,(H,26,27). The van der Waals surface area contributed by atoms with E-state index >= 15 is 0 Å². The highest BCUT2D eigenvalue weighted by atomic mass is 16.5. The van der Waals surface area contributed by atoms with Crippen LogP contribution in [0.25, 0.3) is 0 Å². The Hall–Kier alpha value is -3.27. The fourth-order valence-corrected chi connectivity index (χ4v) is 3.02. The van der Waals surface area contributed by atoms with Crippen molar-refractivity contribution < 1.29 is 14.3 Å². The van der Waals surface area contributed by atoms with Gasteiger partial charge in [0.15, 0.2) is 6.61 Å². The zero-order valence-electron chi connectivity index (χ0n) is 16.9. The molecule has 29 heavy (non-hydrogen) atoms. The van der Waals surface area contributed by atoms with Crippen molar-refractivity contribution in [1.82, 2.24) is 0 Å². The summed E-state index contributed by atoms with van der Waals surface area (Å²) in [5.74, 6) is 1.60. The van der Waals surface area contributed by atoms with Crippen molar-refractivity contribution >= 4 is 11.6 Å². The first kappa shape index (κ1) is 20.5. The number of nitrogens with one attached hydrogen (secondary N) is 1. The second-order valence-corrected chi connectivity index (χ2v) is 7.14. The highest BCUT2D eigenvalue weighted by Crippen LogP contribution is 2.26. The molecule has 3 rings (SSSR count). The maximum absolute atomic E-state index is 12.3. The van der Waals surface area contributed by atoms with E-state index in [0.29, 0.717) is 18.2 Å². The summed E-state index contributed by atoms with van der Waals surface area (Å²) in [4.78, 5) is 12.3. The highest BCUT2D eigenvalue weighted by Gasteiger charge is 2.10. The normalized spacial score (nSPS) is 10.6. The minimum Gasteiger partial charge on any atom is -0.493 e. The SMILES string of the molecule is CC(C)c1ccccc1OCC(=O)Nc1cccc(OCCc2ccccc2)c1. The van der Waals surface area contributed by atoms with Crippen LogP contribution in [0.3, 0.4) is 0 Å². The summed E-state index contributed by atoms with van der Waals surface area (Å²) in [7, 11) is 0. The zero-order valence-corrected chi connectivity index (χ0v) is 16.9. The van der Waals surface area contributed by atoms with Gasteiger partial charge in [-0.2, -0.15) is 0 Å². The van der Waals surface area contributed by atoms with Gasteiger partial charge in [0.05, 0.1) is 6.61 Å². The Morgan fingerprint density at radius 2 is 1.66 bits per heavy atom. The Morgan fingerprint density at radius 3 is 2.45 bits per heavy atom. The van der Waals surface area contributed by atoms with E-state index < -0.39 is 0 Å². The van der Waals surface area contributed by atoms with Gasteiger partial charge in [0.2, 0.25) is 0 Å². The predicted molar refractivity (Wildman–Crippen MR) is 117 cm³/mol. The van der Waals surface area contributed by atoms with E-state index in [9.17, 15) is 4.79 Å². The molecule has 3 aromatic carbocycles. The van der Waals surface area contributed by atoms with Gasteiger partial charge < -0.3 is 14.8 Å². The molecule has 0 aliphatic rings. The van der Waals surface area contributed by atoms with E-state index in [2.05, 4.69) is 31.3 Å². The Kier molecular flexibility index (Phi) is 7.28. The summed E-state index contributed by atoms with van der Waals surface area (Å²) in [6.45, 7) is 4.75. The quantitative estimate of drug-likeness (QED) is 0.529. The molecule has 0 aliphatic heterocycles. The smallest absolute Gasteiger partial charge is 0.262 e. The first-order valence-corrected chi connectivity index (χ1v) is 9.90. The number of ether oxygens (including phenoxy) is 2. The number of amides is 1. The third kappa shape index (κ3) is 6.39. The summed E-state index contributed by atoms with van der Waals surface area (Å²) >= 11 is 0. The second-order valence-electron chi connectivity index (χ2n) is 7.14. The van der Waals surface area contributed by atoms with E-state index in [1.807, 2.05) is 66.7 Å². The number of para-hydroxylation sites is 1. The lowest BCUT2D eigenvalue weighted by Gasteiger charge is -2.14. The van der Waals surface area contributed by atoms with Gasteiger partial charge in [-0.05, 0) is 35.2 Å². The van der Waals surface area contributed by atoms with Gasteiger partial charge in [-0.15, -0.1) is 0 Å². The molecule has 0 fully saturated rings. The van der Waals surface area contributed by atoms with Crippen LogP contribution in [0.2, 0.25) is 0 Å². The summed E-state index contributed by atoms with van der Waals surface area (Å²) in [6, 6.07) is 25.4. The maximum Gasteiger partial charge on any atom is 0.262 e. The molecule has 0 bridgehead atoms. The molecule has 0 aromatic heterocycles. The molecule has 0 radical (unpaired) electrons. The summed E-state index contributed by atoms with van der Waals surface area (Å²) in [5.41, 5.74) is 3.01. The summed E-state index contributed by atoms with van der Waals surface area (Å²) in [6.07, 6.45) is 0.834. The molecule has 1 amide bonds. The summed E-state index contributed by atoms with van der Waals surface area (Å²) in [5, 5.41) is 2.87. The van der Waals surface area contributed by atoms with E-state index in [4.69, 9.17) is 9.47 Å². The molecule has 0 spiro atoms. The number of anilines is 1. The number of benzene rings is 3. The van der Waals surface area contributed by atoms with Gasteiger partial charge in [0.1, 0.15) is 11.5 Å². The zero-order chi connectivity index (χ0) is 20.5. The number of carbonyl (C=O) groups is 1. The third-order valence-corrected chi connectivity index (χ3v) is 4.52. The van der Waals surface area contributed by atoms with Crippen molar-refractivity contribution in [3.63, 3.8) is 0 Å². The Morgan fingerprint density at radius 1 is 0.897 bits per heavy atom. The molecule has 1 N–H and O–H groups in total. The average Bonchev–Trinajstić information content (AvgIpc) is 2.73. The minimum atomic E-state index is -0.204. The predicted octanol–water partition coefficient (Wildman–Crippen LogP) is 5.45. The van der Waals surface area contributed by atoms with Crippen LogP contribution in [0.1, 0.15) is 30.9 Å². The second kappa shape index (κ2) is 10.3. The van der Waals surface area contributed by atoms with Crippen molar-refractivity contribution in [3.05, 3.63) is 90.0 Å². The van der Waals surface area contributed by atoms with Gasteiger partial charge in [-0.25, -0.2) is 0 Å². The number of hydrogen-bond donors (Lipinski definition) is 1. The van der Waals surface area contributed by atoms with Crippen LogP contribution < -0.4 is 14.8 Å². The lowest BCUT2D eigenvalue weighted by Crippen LogP contribution is -2.20. The van der Waals surface area contributed by atoms with E-state index in [1.165, 1.54) is 5.56 Å². The highest BCUT2D eigenvalue weighted by molar-refractivity contribution is 5.92. The molecular weight excluding hydrogens is 362 g/mol. The van der Waals surface area contributed by atoms with Crippen LogP contribution in [-0.4, -0.2) is 19.1 Å². The van der Waals surface area contributed by atoms with Crippen molar-refractivity contribution in [3.8, 4) is 11.5 Å². The van der Waals surface area contributed by atoms with Crippen molar-refractivity contribution in [2.45, 2.75) is 26.2 Å². The molecule has 0 aliphatic carbocycles. The Balaban J connectivity index is 1.50. The first-order chi connectivity index (χ1) is 14.1. The maximum atomic E-state index is 12.3. The molecule has 4 nitrogen and oxygen atoms in total. The fraction of sp³-hybridized carbons (Fsp3) is 0.240. The lowest BCUT2D eigenvalue weighted by molar-refractivity contribution is -0.118. The van der Waals surface area contributed by atoms with E-state index in [-0.39, 0.29) is 12.5 Å². The van der Waals surface area contributed by atoms with Crippen LogP contribution >= 0.6 is 0 Å². The minimum absolute atomic E-state index is 0.0389. The number of hydrogen-bond acceptors (Lipinski definition) is 3. The molecule has 0 heterocycles. The van der Waals surface area contributed by atoms with Gasteiger partial charge in [0, 0.05) is 18.2 Å². The van der Waals surface area contributed by atoms with Crippen LogP contribution in [0.15, 0.2) is 78.9 Å². The van der Waals surface area contributed by atoms with Crippen LogP contribution in [-0.2, 0) is 11.2 Å². The third-order valence-electron chi connectivity index (χ3n) is 4.52. The molecule has 3 aromatic rings. The molecule has 150 valence electrons. The van der Waals surface area contributed by atoms with Crippen molar-refractivity contribution in [2.24, 2.45) is 0 Å².